The fraction of sp³-hybridized carbons (Fsp3) is 0.278. The summed E-state index contributed by atoms with van der Waals surface area (Å²) >= 11 is 0. The van der Waals surface area contributed by atoms with E-state index in [1.165, 1.54) is 0 Å². The summed E-state index contributed by atoms with van der Waals surface area (Å²) in [4.78, 5) is 0. The van der Waals surface area contributed by atoms with Crippen molar-refractivity contribution in [2.75, 3.05) is 7.11 Å². The second kappa shape index (κ2) is 5.59. The Kier molecular flexibility index (Phi) is 4.02. The molecule has 0 aromatic heterocycles. The van der Waals surface area contributed by atoms with Gasteiger partial charge in [-0.15, -0.1) is 0 Å². The number of nitriles is 1. The van der Waals surface area contributed by atoms with Crippen LogP contribution in [0, 0.1) is 25.2 Å². The first kappa shape index (κ1) is 15.1. The van der Waals surface area contributed by atoms with Crippen LogP contribution in [-0.4, -0.2) is 12.2 Å². The van der Waals surface area contributed by atoms with E-state index < -0.39 is 5.60 Å². The zero-order chi connectivity index (χ0) is 15.6. The molecule has 2 aromatic rings. The van der Waals surface area contributed by atoms with Crippen molar-refractivity contribution in [3.8, 4) is 11.8 Å². The summed E-state index contributed by atoms with van der Waals surface area (Å²) in [5, 5.41) is 20.0. The van der Waals surface area contributed by atoms with E-state index in [-0.39, 0.29) is 0 Å². The molecule has 0 bridgehead atoms. The van der Waals surface area contributed by atoms with Crippen LogP contribution in [-0.2, 0) is 5.60 Å². The Morgan fingerprint density at radius 1 is 1.14 bits per heavy atom. The van der Waals surface area contributed by atoms with E-state index in [0.29, 0.717) is 11.1 Å². The van der Waals surface area contributed by atoms with E-state index in [2.05, 4.69) is 6.07 Å². The molecular weight excluding hydrogens is 262 g/mol. The predicted octanol–water partition coefficient (Wildman–Crippen LogP) is 3.44. The molecule has 1 atom stereocenters. The number of aryl methyl sites for hydroxylation is 2. The topological polar surface area (TPSA) is 53.2 Å². The molecule has 21 heavy (non-hydrogen) atoms. The molecule has 0 saturated heterocycles. The van der Waals surface area contributed by atoms with Gasteiger partial charge in [0.05, 0.1) is 18.7 Å². The van der Waals surface area contributed by atoms with Gasteiger partial charge >= 0.3 is 0 Å². The number of methoxy groups -OCH3 is 1. The largest absolute Gasteiger partial charge is 0.496 e. The van der Waals surface area contributed by atoms with Gasteiger partial charge in [0.2, 0.25) is 0 Å². The smallest absolute Gasteiger partial charge is 0.122 e. The molecule has 3 nitrogen and oxygen atoms in total. The third-order valence-corrected chi connectivity index (χ3v) is 3.82. The van der Waals surface area contributed by atoms with Gasteiger partial charge in [0.15, 0.2) is 0 Å². The van der Waals surface area contributed by atoms with Gasteiger partial charge in [0.25, 0.3) is 0 Å². The van der Waals surface area contributed by atoms with Crippen LogP contribution in [0.4, 0.5) is 0 Å². The lowest BCUT2D eigenvalue weighted by molar-refractivity contribution is 0.101. The summed E-state index contributed by atoms with van der Waals surface area (Å²) < 4.78 is 5.31. The summed E-state index contributed by atoms with van der Waals surface area (Å²) in [6.45, 7) is 5.64. The van der Waals surface area contributed by atoms with Gasteiger partial charge in [0.1, 0.15) is 11.4 Å². The van der Waals surface area contributed by atoms with Gasteiger partial charge in [-0.2, -0.15) is 5.26 Å². The molecule has 2 rings (SSSR count). The molecule has 3 heteroatoms. The van der Waals surface area contributed by atoms with Crippen LogP contribution in [0.15, 0.2) is 36.4 Å². The summed E-state index contributed by atoms with van der Waals surface area (Å²) in [6, 6.07) is 13.0. The molecule has 0 aliphatic rings. The summed E-state index contributed by atoms with van der Waals surface area (Å²) in [5.74, 6) is 0.804. The first-order valence-corrected chi connectivity index (χ1v) is 6.79. The minimum absolute atomic E-state index is 0.538. The van der Waals surface area contributed by atoms with Gasteiger partial charge in [-0.25, -0.2) is 0 Å². The highest BCUT2D eigenvalue weighted by Crippen LogP contribution is 2.35. The highest BCUT2D eigenvalue weighted by atomic mass is 16.5. The van der Waals surface area contributed by atoms with E-state index in [1.807, 2.05) is 32.0 Å². The van der Waals surface area contributed by atoms with Crippen LogP contribution in [0.3, 0.4) is 0 Å². The number of nitrogens with zero attached hydrogens (tertiary/aromatic N) is 1. The van der Waals surface area contributed by atoms with Crippen molar-refractivity contribution in [3.05, 3.63) is 64.2 Å². The van der Waals surface area contributed by atoms with E-state index in [4.69, 9.17) is 10.00 Å². The number of hydrogen-bond acceptors (Lipinski definition) is 3. The summed E-state index contributed by atoms with van der Waals surface area (Å²) in [5.41, 5.74) is 2.81. The van der Waals surface area contributed by atoms with Crippen molar-refractivity contribution in [2.45, 2.75) is 26.4 Å². The van der Waals surface area contributed by atoms with Crippen molar-refractivity contribution in [1.29, 1.82) is 5.26 Å². The average Bonchev–Trinajstić information content (AvgIpc) is 2.49. The molecule has 0 radical (unpaired) electrons. The molecule has 1 N–H and O–H groups in total. The van der Waals surface area contributed by atoms with E-state index in [9.17, 15) is 5.11 Å². The van der Waals surface area contributed by atoms with Crippen LogP contribution in [0.2, 0.25) is 0 Å². The van der Waals surface area contributed by atoms with E-state index in [1.54, 1.807) is 32.2 Å². The second-order valence-corrected chi connectivity index (χ2v) is 5.40. The van der Waals surface area contributed by atoms with Crippen molar-refractivity contribution < 1.29 is 9.84 Å². The molecule has 0 aliphatic heterocycles. The number of ether oxygens (including phenoxy) is 1. The average molecular weight is 281 g/mol. The lowest BCUT2D eigenvalue weighted by atomic mass is 9.84. The quantitative estimate of drug-likeness (QED) is 0.937. The fourth-order valence-electron chi connectivity index (χ4n) is 2.58. The molecule has 1 unspecified atom stereocenters. The molecule has 0 aliphatic carbocycles. The minimum atomic E-state index is -1.16. The first-order valence-electron chi connectivity index (χ1n) is 6.79. The minimum Gasteiger partial charge on any atom is -0.496 e. The van der Waals surface area contributed by atoms with E-state index in [0.717, 1.165) is 22.4 Å². The molecular formula is C18H19NO2. The Morgan fingerprint density at radius 2 is 1.86 bits per heavy atom. The third-order valence-electron chi connectivity index (χ3n) is 3.82. The Morgan fingerprint density at radius 3 is 2.48 bits per heavy atom. The zero-order valence-electron chi connectivity index (χ0n) is 12.8. The lowest BCUT2D eigenvalue weighted by Gasteiger charge is -2.27. The van der Waals surface area contributed by atoms with Gasteiger partial charge < -0.3 is 9.84 Å². The summed E-state index contributed by atoms with van der Waals surface area (Å²) in [6.07, 6.45) is 0. The van der Waals surface area contributed by atoms with Crippen molar-refractivity contribution in [1.82, 2.24) is 0 Å². The monoisotopic (exact) mass is 281 g/mol. The lowest BCUT2D eigenvalue weighted by Crippen LogP contribution is -2.24. The number of rotatable bonds is 3. The van der Waals surface area contributed by atoms with Gasteiger partial charge in [-0.1, -0.05) is 12.1 Å². The molecule has 2 aromatic carbocycles. The van der Waals surface area contributed by atoms with Crippen molar-refractivity contribution >= 4 is 0 Å². The maximum absolute atomic E-state index is 11.0. The van der Waals surface area contributed by atoms with Crippen LogP contribution in [0.5, 0.6) is 5.75 Å². The highest BCUT2D eigenvalue weighted by molar-refractivity contribution is 5.48. The molecule has 0 amide bonds. The standard InChI is InChI=1S/C18H19NO2/c1-12-9-17(21-4)13(2)8-16(12)18(3,20)15-7-5-6-14(10-15)11-19/h5-10,20H,1-4H3. The number of aliphatic hydroxyl groups is 1. The fourth-order valence-corrected chi connectivity index (χ4v) is 2.58. The maximum atomic E-state index is 11.0. The van der Waals surface area contributed by atoms with Crippen LogP contribution >= 0.6 is 0 Å². The maximum Gasteiger partial charge on any atom is 0.122 e. The Hall–Kier alpha value is -2.31. The Labute approximate surface area is 125 Å². The summed E-state index contributed by atoms with van der Waals surface area (Å²) in [7, 11) is 1.63. The van der Waals surface area contributed by atoms with Crippen molar-refractivity contribution in [2.24, 2.45) is 0 Å². The third kappa shape index (κ3) is 2.76. The normalized spacial score (nSPS) is 13.3. The van der Waals surface area contributed by atoms with Gasteiger partial charge in [-0.05, 0) is 67.3 Å². The molecule has 0 saturated carbocycles. The number of hydrogen-bond donors (Lipinski definition) is 1. The molecule has 0 spiro atoms. The highest BCUT2D eigenvalue weighted by Gasteiger charge is 2.28. The number of benzene rings is 2. The Bertz CT molecular complexity index is 712. The van der Waals surface area contributed by atoms with Crippen LogP contribution in [0.1, 0.15) is 34.7 Å². The first-order chi connectivity index (χ1) is 9.90. The van der Waals surface area contributed by atoms with Gasteiger partial charge in [-0.3, -0.25) is 0 Å². The van der Waals surface area contributed by atoms with Crippen LogP contribution < -0.4 is 4.74 Å². The van der Waals surface area contributed by atoms with E-state index >= 15 is 0 Å². The van der Waals surface area contributed by atoms with Gasteiger partial charge in [0, 0.05) is 0 Å². The van der Waals surface area contributed by atoms with Crippen molar-refractivity contribution in [3.63, 3.8) is 0 Å². The molecule has 108 valence electrons. The predicted molar refractivity (Wildman–Crippen MR) is 82.3 cm³/mol. The molecule has 0 fully saturated rings. The van der Waals surface area contributed by atoms with Crippen LogP contribution in [0.25, 0.3) is 0 Å². The second-order valence-electron chi connectivity index (χ2n) is 5.40. The molecule has 0 heterocycles. The zero-order valence-corrected chi connectivity index (χ0v) is 12.8. The SMILES string of the molecule is COc1cc(C)c(C(C)(O)c2cccc(C#N)c2)cc1C. The Balaban J connectivity index is 2.58.